The number of hydrogen-bond acceptors (Lipinski definition) is 4. The van der Waals surface area contributed by atoms with E-state index in [1.807, 2.05) is 10.8 Å². The highest BCUT2D eigenvalue weighted by Gasteiger charge is 2.30. The number of imidazole rings is 1. The first-order chi connectivity index (χ1) is 12.0. The Balaban J connectivity index is 1.89. The Labute approximate surface area is 141 Å². The van der Waals surface area contributed by atoms with Crippen LogP contribution in [0, 0.1) is 11.5 Å². The normalized spacial score (nSPS) is 11.7. The van der Waals surface area contributed by atoms with Crippen molar-refractivity contribution in [2.24, 2.45) is 4.99 Å². The number of aryl methyl sites for hydroxylation is 1. The summed E-state index contributed by atoms with van der Waals surface area (Å²) in [5.41, 5.74) is 0.464. The highest BCUT2D eigenvalue weighted by molar-refractivity contribution is 5.94. The third-order valence-corrected chi connectivity index (χ3v) is 2.93. The van der Waals surface area contributed by atoms with Crippen LogP contribution in [0.15, 0.2) is 48.0 Å². The van der Waals surface area contributed by atoms with Gasteiger partial charge in [0, 0.05) is 31.2 Å². The van der Waals surface area contributed by atoms with E-state index in [9.17, 15) is 13.2 Å². The Morgan fingerprint density at radius 3 is 2.68 bits per heavy atom. The number of guanidine groups is 1. The van der Waals surface area contributed by atoms with Gasteiger partial charge in [0.25, 0.3) is 0 Å². The average Bonchev–Trinajstić information content (AvgIpc) is 3.05. The van der Waals surface area contributed by atoms with Crippen molar-refractivity contribution < 1.29 is 17.9 Å². The zero-order valence-electron chi connectivity index (χ0n) is 13.0. The number of aromatic nitrogens is 2. The molecule has 7 nitrogen and oxygen atoms in total. The summed E-state index contributed by atoms with van der Waals surface area (Å²) in [4.78, 5) is 8.15. The van der Waals surface area contributed by atoms with Crippen LogP contribution in [0.3, 0.4) is 0 Å². The molecule has 0 atom stereocenters. The maximum atomic E-state index is 12.1. The summed E-state index contributed by atoms with van der Waals surface area (Å²) in [6.07, 6.45) is 2.96. The van der Waals surface area contributed by atoms with Gasteiger partial charge in [0.05, 0.1) is 6.33 Å². The smallest absolute Gasteiger partial charge is 0.406 e. The average molecular weight is 352 g/mol. The molecular formula is C15H15F3N6O. The third-order valence-electron chi connectivity index (χ3n) is 2.93. The van der Waals surface area contributed by atoms with Gasteiger partial charge >= 0.3 is 6.36 Å². The molecule has 2 N–H and O–H groups in total. The predicted molar refractivity (Wildman–Crippen MR) is 84.6 cm³/mol. The SMILES string of the molecule is N#CNC(=NCCCn1ccnc1)Nc1ccc(OC(F)(F)F)cc1. The molecule has 0 radical (unpaired) electrons. The molecule has 0 bridgehead atoms. The summed E-state index contributed by atoms with van der Waals surface area (Å²) in [5.74, 6) is -0.122. The van der Waals surface area contributed by atoms with Crippen molar-refractivity contribution in [1.29, 1.82) is 5.26 Å². The maximum Gasteiger partial charge on any atom is 0.573 e. The third kappa shape index (κ3) is 6.82. The Kier molecular flexibility index (Phi) is 6.22. The van der Waals surface area contributed by atoms with Crippen molar-refractivity contribution in [3.05, 3.63) is 43.0 Å². The summed E-state index contributed by atoms with van der Waals surface area (Å²) in [7, 11) is 0. The number of alkyl halides is 3. The molecule has 132 valence electrons. The highest BCUT2D eigenvalue weighted by Crippen LogP contribution is 2.23. The van der Waals surface area contributed by atoms with E-state index in [2.05, 4.69) is 25.3 Å². The van der Waals surface area contributed by atoms with Gasteiger partial charge in [-0.2, -0.15) is 5.26 Å². The van der Waals surface area contributed by atoms with E-state index in [1.54, 1.807) is 18.7 Å². The Morgan fingerprint density at radius 1 is 1.32 bits per heavy atom. The first kappa shape index (κ1) is 18.1. The van der Waals surface area contributed by atoms with E-state index in [0.29, 0.717) is 12.2 Å². The first-order valence-corrected chi connectivity index (χ1v) is 7.24. The predicted octanol–water partition coefficient (Wildman–Crippen LogP) is 2.71. The summed E-state index contributed by atoms with van der Waals surface area (Å²) >= 11 is 0. The summed E-state index contributed by atoms with van der Waals surface area (Å²) in [6, 6.07) is 5.11. The van der Waals surface area contributed by atoms with Crippen LogP contribution >= 0.6 is 0 Å². The molecular weight excluding hydrogens is 337 g/mol. The molecule has 0 aliphatic carbocycles. The molecule has 1 aromatic heterocycles. The minimum absolute atomic E-state index is 0.206. The van der Waals surface area contributed by atoms with Crippen molar-refractivity contribution in [3.63, 3.8) is 0 Å². The first-order valence-electron chi connectivity index (χ1n) is 7.24. The molecule has 0 aliphatic rings. The van der Waals surface area contributed by atoms with Gasteiger partial charge in [-0.15, -0.1) is 13.2 Å². The van der Waals surface area contributed by atoms with Crippen LogP contribution in [0.1, 0.15) is 6.42 Å². The molecule has 0 fully saturated rings. The van der Waals surface area contributed by atoms with Gasteiger partial charge in [-0.1, -0.05) is 0 Å². The number of nitrogens with zero attached hydrogens (tertiary/aromatic N) is 4. The summed E-state index contributed by atoms with van der Waals surface area (Å²) in [6.45, 7) is 1.18. The largest absolute Gasteiger partial charge is 0.573 e. The van der Waals surface area contributed by atoms with Crippen molar-refractivity contribution in [3.8, 4) is 11.9 Å². The molecule has 0 amide bonds. The fraction of sp³-hybridized carbons (Fsp3) is 0.267. The summed E-state index contributed by atoms with van der Waals surface area (Å²) < 4.78 is 42.0. The molecule has 1 aromatic carbocycles. The summed E-state index contributed by atoms with van der Waals surface area (Å²) in [5, 5.41) is 14.0. The molecule has 0 saturated heterocycles. The second kappa shape index (κ2) is 8.58. The van der Waals surface area contributed by atoms with E-state index in [4.69, 9.17) is 5.26 Å². The minimum atomic E-state index is -4.74. The zero-order chi connectivity index (χ0) is 18.1. The lowest BCUT2D eigenvalue weighted by Gasteiger charge is -2.11. The zero-order valence-corrected chi connectivity index (χ0v) is 13.0. The molecule has 2 aromatic rings. The Hall–Kier alpha value is -3.22. The van der Waals surface area contributed by atoms with Crippen LogP contribution in [0.25, 0.3) is 0 Å². The van der Waals surface area contributed by atoms with Gasteiger partial charge in [-0.25, -0.2) is 4.98 Å². The second-order valence-corrected chi connectivity index (χ2v) is 4.82. The number of benzene rings is 1. The quantitative estimate of drug-likeness (QED) is 0.274. The fourth-order valence-electron chi connectivity index (χ4n) is 1.90. The topological polar surface area (TPSA) is 87.3 Å². The number of halogens is 3. The molecule has 2 rings (SSSR count). The van der Waals surface area contributed by atoms with Gasteiger partial charge in [0.15, 0.2) is 6.19 Å². The van der Waals surface area contributed by atoms with Gasteiger partial charge in [0.1, 0.15) is 5.75 Å². The van der Waals surface area contributed by atoms with Gasteiger partial charge in [0.2, 0.25) is 5.96 Å². The number of nitriles is 1. The molecule has 25 heavy (non-hydrogen) atoms. The van der Waals surface area contributed by atoms with Crippen LogP contribution in [-0.4, -0.2) is 28.4 Å². The maximum absolute atomic E-state index is 12.1. The van der Waals surface area contributed by atoms with E-state index >= 15 is 0 Å². The number of ether oxygens (including phenoxy) is 1. The Bertz CT molecular complexity index is 719. The number of hydrogen-bond donors (Lipinski definition) is 2. The van der Waals surface area contributed by atoms with Crippen LogP contribution in [0.4, 0.5) is 18.9 Å². The monoisotopic (exact) mass is 352 g/mol. The lowest BCUT2D eigenvalue weighted by atomic mass is 10.3. The molecule has 10 heteroatoms. The van der Waals surface area contributed by atoms with E-state index < -0.39 is 6.36 Å². The Morgan fingerprint density at radius 2 is 2.08 bits per heavy atom. The van der Waals surface area contributed by atoms with Gasteiger partial charge in [-0.05, 0) is 30.7 Å². The van der Waals surface area contributed by atoms with Crippen LogP contribution in [0.2, 0.25) is 0 Å². The number of anilines is 1. The van der Waals surface area contributed by atoms with Crippen LogP contribution in [0.5, 0.6) is 5.75 Å². The van der Waals surface area contributed by atoms with Gasteiger partial charge < -0.3 is 14.6 Å². The second-order valence-electron chi connectivity index (χ2n) is 4.82. The molecule has 0 saturated carbocycles. The van der Waals surface area contributed by atoms with Crippen LogP contribution in [-0.2, 0) is 6.54 Å². The number of rotatable bonds is 6. The number of nitrogens with one attached hydrogen (secondary N) is 2. The van der Waals surface area contributed by atoms with Crippen molar-refractivity contribution in [2.75, 3.05) is 11.9 Å². The lowest BCUT2D eigenvalue weighted by molar-refractivity contribution is -0.274. The minimum Gasteiger partial charge on any atom is -0.406 e. The molecule has 1 heterocycles. The molecule has 0 aliphatic heterocycles. The molecule has 0 spiro atoms. The number of aliphatic imine (C=N–C) groups is 1. The molecule has 0 unspecified atom stereocenters. The van der Waals surface area contributed by atoms with Gasteiger partial charge in [-0.3, -0.25) is 10.3 Å². The van der Waals surface area contributed by atoms with E-state index in [0.717, 1.165) is 13.0 Å². The highest BCUT2D eigenvalue weighted by atomic mass is 19.4. The van der Waals surface area contributed by atoms with Crippen LogP contribution < -0.4 is 15.4 Å². The fourth-order valence-corrected chi connectivity index (χ4v) is 1.90. The van der Waals surface area contributed by atoms with E-state index in [1.165, 1.54) is 24.3 Å². The lowest BCUT2D eigenvalue weighted by Crippen LogP contribution is -2.27. The van der Waals surface area contributed by atoms with Crippen molar-refractivity contribution in [2.45, 2.75) is 19.3 Å². The van der Waals surface area contributed by atoms with Crippen molar-refractivity contribution in [1.82, 2.24) is 14.9 Å². The van der Waals surface area contributed by atoms with E-state index in [-0.39, 0.29) is 11.7 Å². The standard InChI is InChI=1S/C15H15F3N6O/c16-15(17,18)25-13-4-2-12(3-5-13)23-14(22-10-19)21-6-1-8-24-9-7-20-11-24/h2-5,7,9,11H,1,6,8H2,(H2,21,22,23). The van der Waals surface area contributed by atoms with Crippen molar-refractivity contribution >= 4 is 11.6 Å².